The quantitative estimate of drug-likeness (QED) is 0.550. The van der Waals surface area contributed by atoms with E-state index in [2.05, 4.69) is 20.5 Å². The standard InChI is InChI=1S/C18H14FN5O2/c1-25-15-4-2-3-12(9-15)10-17-20-18(22-26-17)16-11-24(23-21-16)14-7-5-13(19)6-8-14/h2-9,11H,10H2,1H3. The van der Waals surface area contributed by atoms with Gasteiger partial charge in [0.15, 0.2) is 5.69 Å². The number of methoxy groups -OCH3 is 1. The van der Waals surface area contributed by atoms with Gasteiger partial charge in [-0.05, 0) is 42.0 Å². The Labute approximate surface area is 148 Å². The first kappa shape index (κ1) is 15.9. The van der Waals surface area contributed by atoms with Gasteiger partial charge in [-0.1, -0.05) is 22.5 Å². The van der Waals surface area contributed by atoms with E-state index in [1.807, 2.05) is 24.3 Å². The zero-order valence-corrected chi connectivity index (χ0v) is 13.8. The highest BCUT2D eigenvalue weighted by Crippen LogP contribution is 2.18. The Kier molecular flexibility index (Phi) is 4.14. The summed E-state index contributed by atoms with van der Waals surface area (Å²) in [6.07, 6.45) is 2.14. The van der Waals surface area contributed by atoms with Crippen LogP contribution in [-0.2, 0) is 6.42 Å². The maximum absolute atomic E-state index is 13.0. The Bertz CT molecular complexity index is 1030. The van der Waals surface area contributed by atoms with Crippen LogP contribution >= 0.6 is 0 Å². The first-order valence-electron chi connectivity index (χ1n) is 7.85. The van der Waals surface area contributed by atoms with Crippen molar-refractivity contribution in [2.24, 2.45) is 0 Å². The van der Waals surface area contributed by atoms with E-state index in [0.717, 1.165) is 11.3 Å². The van der Waals surface area contributed by atoms with Crippen LogP contribution in [-0.4, -0.2) is 32.2 Å². The van der Waals surface area contributed by atoms with Crippen molar-refractivity contribution in [3.05, 3.63) is 72.0 Å². The summed E-state index contributed by atoms with van der Waals surface area (Å²) < 4.78 is 25.0. The van der Waals surface area contributed by atoms with Gasteiger partial charge < -0.3 is 9.26 Å². The zero-order chi connectivity index (χ0) is 17.9. The van der Waals surface area contributed by atoms with Crippen LogP contribution in [0.25, 0.3) is 17.2 Å². The summed E-state index contributed by atoms with van der Waals surface area (Å²) in [7, 11) is 1.62. The highest BCUT2D eigenvalue weighted by Gasteiger charge is 2.13. The van der Waals surface area contributed by atoms with E-state index < -0.39 is 0 Å². The van der Waals surface area contributed by atoms with E-state index in [0.29, 0.717) is 29.5 Å². The van der Waals surface area contributed by atoms with Gasteiger partial charge in [0, 0.05) is 0 Å². The van der Waals surface area contributed by atoms with Gasteiger partial charge in [-0.15, -0.1) is 5.10 Å². The van der Waals surface area contributed by atoms with Crippen molar-refractivity contribution in [2.45, 2.75) is 6.42 Å². The number of aromatic nitrogens is 5. The molecule has 0 N–H and O–H groups in total. The Morgan fingerprint density at radius 1 is 1.15 bits per heavy atom. The Morgan fingerprint density at radius 3 is 2.81 bits per heavy atom. The van der Waals surface area contributed by atoms with E-state index in [4.69, 9.17) is 9.26 Å². The second kappa shape index (κ2) is 6.75. The average Bonchev–Trinajstić information content (AvgIpc) is 3.32. The lowest BCUT2D eigenvalue weighted by atomic mass is 10.1. The Hall–Kier alpha value is -3.55. The zero-order valence-electron chi connectivity index (χ0n) is 13.8. The molecule has 7 nitrogen and oxygen atoms in total. The monoisotopic (exact) mass is 351 g/mol. The second-order valence-electron chi connectivity index (χ2n) is 5.56. The van der Waals surface area contributed by atoms with Crippen LogP contribution in [0.15, 0.2) is 59.3 Å². The number of ether oxygens (including phenoxy) is 1. The molecule has 0 amide bonds. The molecule has 0 aliphatic carbocycles. The fraction of sp³-hybridized carbons (Fsp3) is 0.111. The summed E-state index contributed by atoms with van der Waals surface area (Å²) in [5, 5.41) is 12.0. The lowest BCUT2D eigenvalue weighted by molar-refractivity contribution is 0.385. The highest BCUT2D eigenvalue weighted by atomic mass is 19.1. The predicted molar refractivity (Wildman–Crippen MR) is 90.4 cm³/mol. The van der Waals surface area contributed by atoms with E-state index >= 15 is 0 Å². The van der Waals surface area contributed by atoms with Crippen molar-refractivity contribution in [1.29, 1.82) is 0 Å². The third kappa shape index (κ3) is 3.30. The molecule has 0 fully saturated rings. The van der Waals surface area contributed by atoms with Gasteiger partial charge in [0.1, 0.15) is 11.6 Å². The predicted octanol–water partition coefficient (Wildman–Crippen LogP) is 3.06. The number of benzene rings is 2. The second-order valence-corrected chi connectivity index (χ2v) is 5.56. The number of halogens is 1. The molecule has 0 spiro atoms. The van der Waals surface area contributed by atoms with E-state index in [9.17, 15) is 4.39 Å². The third-order valence-electron chi connectivity index (χ3n) is 3.77. The largest absolute Gasteiger partial charge is 0.497 e. The molecular weight excluding hydrogens is 337 g/mol. The number of rotatable bonds is 5. The molecule has 2 heterocycles. The minimum absolute atomic E-state index is 0.311. The van der Waals surface area contributed by atoms with Crippen LogP contribution in [0.3, 0.4) is 0 Å². The molecule has 2 aromatic heterocycles. The molecule has 4 aromatic rings. The van der Waals surface area contributed by atoms with Gasteiger partial charge in [0.2, 0.25) is 11.7 Å². The summed E-state index contributed by atoms with van der Waals surface area (Å²) in [6.45, 7) is 0. The summed E-state index contributed by atoms with van der Waals surface area (Å²) in [6, 6.07) is 13.6. The van der Waals surface area contributed by atoms with Gasteiger partial charge in [-0.25, -0.2) is 9.07 Å². The normalized spacial score (nSPS) is 10.8. The van der Waals surface area contributed by atoms with Crippen molar-refractivity contribution >= 4 is 0 Å². The van der Waals surface area contributed by atoms with Crippen LogP contribution in [0.4, 0.5) is 4.39 Å². The van der Waals surface area contributed by atoms with Crippen molar-refractivity contribution in [2.75, 3.05) is 7.11 Å². The summed E-state index contributed by atoms with van der Waals surface area (Å²) in [5.74, 6) is 1.26. The number of nitrogens with zero attached hydrogens (tertiary/aromatic N) is 5. The average molecular weight is 351 g/mol. The van der Waals surface area contributed by atoms with Crippen molar-refractivity contribution in [3.63, 3.8) is 0 Å². The molecule has 0 aliphatic rings. The van der Waals surface area contributed by atoms with Crippen molar-refractivity contribution in [1.82, 2.24) is 25.1 Å². The minimum Gasteiger partial charge on any atom is -0.497 e. The number of hydrogen-bond acceptors (Lipinski definition) is 6. The SMILES string of the molecule is COc1cccc(Cc2nc(-c3cn(-c4ccc(F)cc4)nn3)no2)c1. The van der Waals surface area contributed by atoms with Crippen LogP contribution in [0, 0.1) is 5.82 Å². The Morgan fingerprint density at radius 2 is 2.00 bits per heavy atom. The number of hydrogen-bond donors (Lipinski definition) is 0. The van der Waals surface area contributed by atoms with Gasteiger partial charge in [-0.3, -0.25) is 0 Å². The molecule has 26 heavy (non-hydrogen) atoms. The smallest absolute Gasteiger partial charge is 0.231 e. The lowest BCUT2D eigenvalue weighted by Gasteiger charge is -2.01. The first-order valence-corrected chi connectivity index (χ1v) is 7.85. The van der Waals surface area contributed by atoms with Gasteiger partial charge >= 0.3 is 0 Å². The molecule has 8 heteroatoms. The molecule has 0 unspecified atom stereocenters. The lowest BCUT2D eigenvalue weighted by Crippen LogP contribution is -1.94. The molecule has 4 rings (SSSR count). The van der Waals surface area contributed by atoms with E-state index in [1.54, 1.807) is 25.4 Å². The van der Waals surface area contributed by atoms with Crippen LogP contribution in [0.2, 0.25) is 0 Å². The summed E-state index contributed by atoms with van der Waals surface area (Å²) >= 11 is 0. The highest BCUT2D eigenvalue weighted by molar-refractivity contribution is 5.47. The van der Waals surface area contributed by atoms with E-state index in [1.165, 1.54) is 16.8 Å². The summed E-state index contributed by atoms with van der Waals surface area (Å²) in [4.78, 5) is 4.36. The fourth-order valence-electron chi connectivity index (χ4n) is 2.47. The van der Waals surface area contributed by atoms with Crippen LogP contribution < -0.4 is 4.74 Å². The van der Waals surface area contributed by atoms with Crippen LogP contribution in [0.5, 0.6) is 5.75 Å². The molecule has 0 saturated heterocycles. The summed E-state index contributed by atoms with van der Waals surface area (Å²) in [5.41, 5.74) is 2.15. The molecule has 0 atom stereocenters. The maximum atomic E-state index is 13.0. The van der Waals surface area contributed by atoms with Crippen LogP contribution in [0.1, 0.15) is 11.5 Å². The van der Waals surface area contributed by atoms with E-state index in [-0.39, 0.29) is 5.82 Å². The molecule has 2 aromatic carbocycles. The van der Waals surface area contributed by atoms with Crippen molar-refractivity contribution < 1.29 is 13.7 Å². The first-order chi connectivity index (χ1) is 12.7. The topological polar surface area (TPSA) is 78.9 Å². The molecule has 130 valence electrons. The maximum Gasteiger partial charge on any atom is 0.231 e. The third-order valence-corrected chi connectivity index (χ3v) is 3.77. The molecule has 0 saturated carbocycles. The molecular formula is C18H14FN5O2. The molecule has 0 aliphatic heterocycles. The van der Waals surface area contributed by atoms with Gasteiger partial charge in [0.05, 0.1) is 25.4 Å². The Balaban J connectivity index is 1.53. The van der Waals surface area contributed by atoms with Gasteiger partial charge in [0.25, 0.3) is 0 Å². The fourth-order valence-corrected chi connectivity index (χ4v) is 2.47. The van der Waals surface area contributed by atoms with Crippen molar-refractivity contribution in [3.8, 4) is 23.0 Å². The molecule has 0 radical (unpaired) electrons. The molecule has 0 bridgehead atoms. The minimum atomic E-state index is -0.311. The van der Waals surface area contributed by atoms with Gasteiger partial charge in [-0.2, -0.15) is 4.98 Å².